The first-order chi connectivity index (χ1) is 12.3. The number of nitrogens with one attached hydrogen (secondary N) is 1. The van der Waals surface area contributed by atoms with E-state index in [2.05, 4.69) is 16.3 Å². The van der Waals surface area contributed by atoms with Gasteiger partial charge in [0.05, 0.1) is 19.3 Å². The van der Waals surface area contributed by atoms with E-state index in [0.29, 0.717) is 6.42 Å². The number of nitrogens with zero attached hydrogens (tertiary/aromatic N) is 1. The van der Waals surface area contributed by atoms with Crippen LogP contribution in [0.5, 0.6) is 0 Å². The van der Waals surface area contributed by atoms with E-state index in [4.69, 9.17) is 9.47 Å². The summed E-state index contributed by atoms with van der Waals surface area (Å²) in [5.74, 6) is -0.0242. The highest BCUT2D eigenvalue weighted by Gasteiger charge is 2.25. The molecule has 0 radical (unpaired) electrons. The van der Waals surface area contributed by atoms with Gasteiger partial charge in [-0.15, -0.1) is 0 Å². The van der Waals surface area contributed by atoms with Gasteiger partial charge in [0.1, 0.15) is 6.10 Å². The summed E-state index contributed by atoms with van der Waals surface area (Å²) in [5.41, 5.74) is 2.04. The van der Waals surface area contributed by atoms with Crippen LogP contribution in [0.4, 0.5) is 5.69 Å². The van der Waals surface area contributed by atoms with E-state index in [1.54, 1.807) is 0 Å². The van der Waals surface area contributed by atoms with Crippen LogP contribution in [0.25, 0.3) is 0 Å². The largest absolute Gasteiger partial charge is 0.379 e. The Bertz CT molecular complexity index is 552. The summed E-state index contributed by atoms with van der Waals surface area (Å²) in [7, 11) is 0. The van der Waals surface area contributed by atoms with Gasteiger partial charge in [-0.05, 0) is 30.9 Å². The fourth-order valence-corrected chi connectivity index (χ4v) is 3.59. The number of rotatable bonds is 7. The standard InChI is InChI=1S/C20H30N2O3/c1-2-19(25-17-8-4-5-9-17)20(23)21-18-10-6-3-7-16(18)15-22-11-13-24-14-12-22/h3,6-7,10,17,19H,2,4-5,8-9,11-15H2,1H3,(H,21,23)/t19-/m0/s1. The van der Waals surface area contributed by atoms with Gasteiger partial charge < -0.3 is 14.8 Å². The summed E-state index contributed by atoms with van der Waals surface area (Å²) in [4.78, 5) is 15.1. The number of amides is 1. The molecule has 1 saturated heterocycles. The van der Waals surface area contributed by atoms with E-state index < -0.39 is 0 Å². The normalized spacial score (nSPS) is 20.5. The van der Waals surface area contributed by atoms with Gasteiger partial charge in [0.2, 0.25) is 0 Å². The average Bonchev–Trinajstić information content (AvgIpc) is 3.15. The summed E-state index contributed by atoms with van der Waals surface area (Å²) in [6.07, 6.45) is 5.18. The van der Waals surface area contributed by atoms with Crippen LogP contribution in [-0.2, 0) is 20.8 Å². The van der Waals surface area contributed by atoms with Crippen molar-refractivity contribution >= 4 is 11.6 Å². The molecule has 1 aliphatic heterocycles. The second-order valence-electron chi connectivity index (χ2n) is 6.97. The van der Waals surface area contributed by atoms with Crippen LogP contribution in [0.3, 0.4) is 0 Å². The maximum absolute atomic E-state index is 12.7. The predicted molar refractivity (Wildman–Crippen MR) is 98.6 cm³/mol. The highest BCUT2D eigenvalue weighted by Crippen LogP contribution is 2.24. The van der Waals surface area contributed by atoms with E-state index in [1.165, 1.54) is 12.8 Å². The molecule has 2 aliphatic rings. The number of hydrogen-bond acceptors (Lipinski definition) is 4. The molecular weight excluding hydrogens is 316 g/mol. The van der Waals surface area contributed by atoms with Crippen molar-refractivity contribution in [1.29, 1.82) is 0 Å². The number of morpholine rings is 1. The topological polar surface area (TPSA) is 50.8 Å². The highest BCUT2D eigenvalue weighted by molar-refractivity contribution is 5.94. The molecule has 3 rings (SSSR count). The van der Waals surface area contributed by atoms with Crippen molar-refractivity contribution in [2.75, 3.05) is 31.6 Å². The average molecular weight is 346 g/mol. The van der Waals surface area contributed by atoms with Gasteiger partial charge in [0.15, 0.2) is 0 Å². The molecule has 1 atom stereocenters. The summed E-state index contributed by atoms with van der Waals surface area (Å²) in [6, 6.07) is 8.06. The van der Waals surface area contributed by atoms with Gasteiger partial charge in [-0.2, -0.15) is 0 Å². The fraction of sp³-hybridized carbons (Fsp3) is 0.650. The summed E-state index contributed by atoms with van der Waals surface area (Å²) < 4.78 is 11.5. The molecule has 5 nitrogen and oxygen atoms in total. The smallest absolute Gasteiger partial charge is 0.253 e. The molecule has 25 heavy (non-hydrogen) atoms. The molecule has 1 aliphatic carbocycles. The lowest BCUT2D eigenvalue weighted by Crippen LogP contribution is -2.36. The van der Waals surface area contributed by atoms with Crippen molar-refractivity contribution < 1.29 is 14.3 Å². The number of anilines is 1. The minimum atomic E-state index is -0.362. The Kier molecular flexibility index (Phi) is 6.84. The number of carbonyl (C=O) groups excluding carboxylic acids is 1. The summed E-state index contributed by atoms with van der Waals surface area (Å²) in [5, 5.41) is 3.10. The van der Waals surface area contributed by atoms with Gasteiger partial charge in [0.25, 0.3) is 5.91 Å². The maximum Gasteiger partial charge on any atom is 0.253 e. The minimum absolute atomic E-state index is 0.0242. The Morgan fingerprint density at radius 1 is 1.28 bits per heavy atom. The van der Waals surface area contributed by atoms with E-state index in [1.807, 2.05) is 25.1 Å². The molecule has 1 aromatic rings. The maximum atomic E-state index is 12.7. The number of carbonyl (C=O) groups is 1. The first kappa shape index (κ1) is 18.4. The molecule has 5 heteroatoms. The lowest BCUT2D eigenvalue weighted by molar-refractivity contribution is -0.131. The second kappa shape index (κ2) is 9.32. The molecule has 0 unspecified atom stereocenters. The predicted octanol–water partition coefficient (Wildman–Crippen LogP) is 3.20. The van der Waals surface area contributed by atoms with Crippen molar-refractivity contribution in [2.45, 2.75) is 57.8 Å². The number of ether oxygens (including phenoxy) is 2. The quantitative estimate of drug-likeness (QED) is 0.824. The van der Waals surface area contributed by atoms with E-state index >= 15 is 0 Å². The van der Waals surface area contributed by atoms with Crippen LogP contribution < -0.4 is 5.32 Å². The lowest BCUT2D eigenvalue weighted by atomic mass is 10.1. The molecular formula is C20H30N2O3. The van der Waals surface area contributed by atoms with Crippen molar-refractivity contribution in [3.05, 3.63) is 29.8 Å². The number of para-hydroxylation sites is 1. The molecule has 1 aromatic carbocycles. The molecule has 1 saturated carbocycles. The third kappa shape index (κ3) is 5.27. The molecule has 1 N–H and O–H groups in total. The monoisotopic (exact) mass is 346 g/mol. The Labute approximate surface area is 150 Å². The fourth-order valence-electron chi connectivity index (χ4n) is 3.59. The molecule has 2 fully saturated rings. The van der Waals surface area contributed by atoms with Crippen LogP contribution in [0.1, 0.15) is 44.6 Å². The molecule has 1 heterocycles. The zero-order valence-corrected chi connectivity index (χ0v) is 15.2. The van der Waals surface area contributed by atoms with E-state index in [9.17, 15) is 4.79 Å². The highest BCUT2D eigenvalue weighted by atomic mass is 16.5. The zero-order chi connectivity index (χ0) is 17.5. The molecule has 0 bridgehead atoms. The summed E-state index contributed by atoms with van der Waals surface area (Å²) >= 11 is 0. The van der Waals surface area contributed by atoms with Crippen LogP contribution in [0.2, 0.25) is 0 Å². The van der Waals surface area contributed by atoms with Gasteiger partial charge >= 0.3 is 0 Å². The van der Waals surface area contributed by atoms with Crippen molar-refractivity contribution in [3.8, 4) is 0 Å². The molecule has 1 amide bonds. The lowest BCUT2D eigenvalue weighted by Gasteiger charge is -2.27. The molecule has 138 valence electrons. The summed E-state index contributed by atoms with van der Waals surface area (Å²) in [6.45, 7) is 6.28. The Morgan fingerprint density at radius 2 is 2.00 bits per heavy atom. The van der Waals surface area contributed by atoms with Crippen molar-refractivity contribution in [3.63, 3.8) is 0 Å². The van der Waals surface area contributed by atoms with Crippen LogP contribution in [0, 0.1) is 0 Å². The van der Waals surface area contributed by atoms with Crippen LogP contribution in [-0.4, -0.2) is 49.3 Å². The Morgan fingerprint density at radius 3 is 2.72 bits per heavy atom. The third-order valence-corrected chi connectivity index (χ3v) is 5.10. The Balaban J connectivity index is 1.61. The van der Waals surface area contributed by atoms with Crippen molar-refractivity contribution in [2.24, 2.45) is 0 Å². The Hall–Kier alpha value is -1.43. The number of benzene rings is 1. The van der Waals surface area contributed by atoms with E-state index in [-0.39, 0.29) is 18.1 Å². The molecule has 0 aromatic heterocycles. The van der Waals surface area contributed by atoms with Gasteiger partial charge in [-0.25, -0.2) is 0 Å². The van der Waals surface area contributed by atoms with Gasteiger partial charge in [-0.3, -0.25) is 9.69 Å². The van der Waals surface area contributed by atoms with E-state index in [0.717, 1.165) is 56.9 Å². The minimum Gasteiger partial charge on any atom is -0.379 e. The molecule has 0 spiro atoms. The van der Waals surface area contributed by atoms with Gasteiger partial charge in [0, 0.05) is 25.3 Å². The zero-order valence-electron chi connectivity index (χ0n) is 15.2. The SMILES string of the molecule is CC[C@H](OC1CCCC1)C(=O)Nc1ccccc1CN1CCOCC1. The first-order valence-corrected chi connectivity index (χ1v) is 9.60. The first-order valence-electron chi connectivity index (χ1n) is 9.60. The van der Waals surface area contributed by atoms with Crippen LogP contribution in [0.15, 0.2) is 24.3 Å². The second-order valence-corrected chi connectivity index (χ2v) is 6.97. The van der Waals surface area contributed by atoms with Crippen molar-refractivity contribution in [1.82, 2.24) is 4.90 Å². The van der Waals surface area contributed by atoms with Crippen LogP contribution >= 0.6 is 0 Å². The third-order valence-electron chi connectivity index (χ3n) is 5.10. The number of hydrogen-bond donors (Lipinski definition) is 1. The van der Waals surface area contributed by atoms with Gasteiger partial charge in [-0.1, -0.05) is 38.0 Å².